The minimum absolute atomic E-state index is 0.0359. The van der Waals surface area contributed by atoms with Crippen LogP contribution in [0.15, 0.2) is 18.2 Å². The molecule has 0 saturated carbocycles. The molecule has 0 heterocycles. The van der Waals surface area contributed by atoms with E-state index in [1.54, 1.807) is 19.9 Å². The van der Waals surface area contributed by atoms with Crippen LogP contribution in [0.1, 0.15) is 19.4 Å². The van der Waals surface area contributed by atoms with Gasteiger partial charge in [-0.15, -0.1) is 0 Å². The van der Waals surface area contributed by atoms with E-state index >= 15 is 0 Å². The van der Waals surface area contributed by atoms with Crippen molar-refractivity contribution in [2.24, 2.45) is 0 Å². The van der Waals surface area contributed by atoms with Gasteiger partial charge in [-0.3, -0.25) is 0 Å². The van der Waals surface area contributed by atoms with Crippen LogP contribution in [-0.4, -0.2) is 26.0 Å². The fraction of sp³-hybridized carbons (Fsp3) is 0.417. The van der Waals surface area contributed by atoms with Gasteiger partial charge in [0, 0.05) is 6.07 Å². The van der Waals surface area contributed by atoms with Crippen molar-refractivity contribution in [2.75, 3.05) is 12.4 Å². The Morgan fingerprint density at radius 2 is 2.11 bits per heavy atom. The van der Waals surface area contributed by atoms with Gasteiger partial charge in [0.05, 0.1) is 16.6 Å². The van der Waals surface area contributed by atoms with E-state index in [-0.39, 0.29) is 23.7 Å². The first kappa shape index (κ1) is 14.5. The molecule has 0 spiro atoms. The maximum atomic E-state index is 13.2. The molecule has 0 bridgehead atoms. The molecule has 0 radical (unpaired) electrons. The number of hydrogen-bond donors (Lipinski definition) is 0. The van der Waals surface area contributed by atoms with E-state index in [9.17, 15) is 12.8 Å². The Morgan fingerprint density at radius 1 is 1.44 bits per heavy atom. The molecule has 6 heteroatoms. The van der Waals surface area contributed by atoms with Gasteiger partial charge in [0.2, 0.25) is 0 Å². The van der Waals surface area contributed by atoms with Crippen molar-refractivity contribution in [3.05, 3.63) is 29.6 Å². The average molecular weight is 271 g/mol. The summed E-state index contributed by atoms with van der Waals surface area (Å²) in [6.07, 6.45) is 0. The zero-order chi connectivity index (χ0) is 13.8. The van der Waals surface area contributed by atoms with Crippen molar-refractivity contribution in [3.63, 3.8) is 0 Å². The summed E-state index contributed by atoms with van der Waals surface area (Å²) in [4.78, 5) is 0. The summed E-state index contributed by atoms with van der Waals surface area (Å²) in [7, 11) is -3.16. The number of rotatable bonds is 5. The number of nitrogens with zero attached hydrogens (tertiary/aromatic N) is 1. The lowest BCUT2D eigenvalue weighted by Gasteiger charge is -2.09. The molecule has 0 atom stereocenters. The van der Waals surface area contributed by atoms with Crippen LogP contribution in [0.5, 0.6) is 5.75 Å². The van der Waals surface area contributed by atoms with Gasteiger partial charge in [0.25, 0.3) is 0 Å². The minimum Gasteiger partial charge on any atom is -0.492 e. The molecule has 0 fully saturated rings. The van der Waals surface area contributed by atoms with Gasteiger partial charge >= 0.3 is 0 Å². The Morgan fingerprint density at radius 3 is 2.61 bits per heavy atom. The maximum absolute atomic E-state index is 13.2. The highest BCUT2D eigenvalue weighted by molar-refractivity contribution is 7.91. The van der Waals surface area contributed by atoms with Crippen LogP contribution in [0, 0.1) is 17.1 Å². The van der Waals surface area contributed by atoms with Gasteiger partial charge in [-0.2, -0.15) is 5.26 Å². The summed E-state index contributed by atoms with van der Waals surface area (Å²) in [5.74, 6) is -0.584. The van der Waals surface area contributed by atoms with Crippen LogP contribution in [-0.2, 0) is 9.84 Å². The fourth-order valence-electron chi connectivity index (χ4n) is 1.19. The van der Waals surface area contributed by atoms with Crippen molar-refractivity contribution in [2.45, 2.75) is 19.1 Å². The third-order valence-corrected chi connectivity index (χ3v) is 4.59. The lowest BCUT2D eigenvalue weighted by molar-refractivity contribution is 0.338. The summed E-state index contributed by atoms with van der Waals surface area (Å²) >= 11 is 0. The molecule has 0 unspecified atom stereocenters. The van der Waals surface area contributed by atoms with Crippen molar-refractivity contribution in [1.29, 1.82) is 5.26 Å². The third-order valence-electron chi connectivity index (χ3n) is 2.42. The largest absolute Gasteiger partial charge is 0.492 e. The van der Waals surface area contributed by atoms with Gasteiger partial charge in [-0.1, -0.05) is 0 Å². The topological polar surface area (TPSA) is 67.2 Å². The Balaban J connectivity index is 2.61. The van der Waals surface area contributed by atoms with Crippen LogP contribution in [0.4, 0.5) is 4.39 Å². The zero-order valence-corrected chi connectivity index (χ0v) is 11.0. The van der Waals surface area contributed by atoms with Crippen LogP contribution in [0.2, 0.25) is 0 Å². The van der Waals surface area contributed by atoms with Gasteiger partial charge in [-0.05, 0) is 26.0 Å². The minimum atomic E-state index is -3.16. The molecule has 1 rings (SSSR count). The summed E-state index contributed by atoms with van der Waals surface area (Å²) in [6, 6.07) is 5.49. The number of benzene rings is 1. The predicted molar refractivity (Wildman–Crippen MR) is 65.5 cm³/mol. The quantitative estimate of drug-likeness (QED) is 0.820. The summed E-state index contributed by atoms with van der Waals surface area (Å²) in [5, 5.41) is 8.08. The molecule has 1 aromatic carbocycles. The molecule has 0 amide bonds. The highest BCUT2D eigenvalue weighted by Crippen LogP contribution is 2.16. The molecule has 0 aromatic heterocycles. The van der Waals surface area contributed by atoms with E-state index in [2.05, 4.69) is 0 Å². The van der Waals surface area contributed by atoms with Crippen LogP contribution >= 0.6 is 0 Å². The second-order valence-electron chi connectivity index (χ2n) is 4.02. The van der Waals surface area contributed by atoms with Crippen LogP contribution < -0.4 is 4.74 Å². The lowest BCUT2D eigenvalue weighted by atomic mass is 10.2. The van der Waals surface area contributed by atoms with Gasteiger partial charge in [0.15, 0.2) is 9.84 Å². The number of nitriles is 1. The summed E-state index contributed by atoms with van der Waals surface area (Å²) < 4.78 is 41.3. The average Bonchev–Trinajstić information content (AvgIpc) is 2.29. The molecular formula is C12H14FNO3S. The molecule has 0 N–H and O–H groups in total. The highest BCUT2D eigenvalue weighted by Gasteiger charge is 2.15. The molecule has 1 aromatic rings. The molecule has 4 nitrogen and oxygen atoms in total. The van der Waals surface area contributed by atoms with Crippen molar-refractivity contribution < 1.29 is 17.5 Å². The van der Waals surface area contributed by atoms with Crippen LogP contribution in [0.3, 0.4) is 0 Å². The zero-order valence-electron chi connectivity index (χ0n) is 10.2. The van der Waals surface area contributed by atoms with Crippen molar-refractivity contribution >= 4 is 9.84 Å². The van der Waals surface area contributed by atoms with E-state index in [1.165, 1.54) is 12.1 Å². The molecule has 0 saturated heterocycles. The van der Waals surface area contributed by atoms with Crippen molar-refractivity contribution in [1.82, 2.24) is 0 Å². The van der Waals surface area contributed by atoms with E-state index in [0.717, 1.165) is 6.07 Å². The van der Waals surface area contributed by atoms with Gasteiger partial charge < -0.3 is 4.74 Å². The standard InChI is InChI=1S/C12H14FNO3S/c1-9(2)18(15,16)6-5-17-11-4-3-10(8-14)12(13)7-11/h3-4,7,9H,5-6H2,1-2H3. The smallest absolute Gasteiger partial charge is 0.155 e. The highest BCUT2D eigenvalue weighted by atomic mass is 32.2. The van der Waals surface area contributed by atoms with Crippen molar-refractivity contribution in [3.8, 4) is 11.8 Å². The van der Waals surface area contributed by atoms with E-state index in [4.69, 9.17) is 10.00 Å². The Kier molecular flexibility index (Phi) is 4.68. The maximum Gasteiger partial charge on any atom is 0.155 e. The summed E-state index contributed by atoms with van der Waals surface area (Å²) in [6.45, 7) is 3.15. The van der Waals surface area contributed by atoms with E-state index in [0.29, 0.717) is 0 Å². The monoisotopic (exact) mass is 271 g/mol. The van der Waals surface area contributed by atoms with Gasteiger partial charge in [0.1, 0.15) is 24.2 Å². The molecule has 18 heavy (non-hydrogen) atoms. The molecule has 0 aliphatic carbocycles. The number of sulfone groups is 1. The summed E-state index contributed by atoms with van der Waals surface area (Å²) in [5.41, 5.74) is -0.0721. The molecular weight excluding hydrogens is 257 g/mol. The van der Waals surface area contributed by atoms with E-state index in [1.807, 2.05) is 0 Å². The second kappa shape index (κ2) is 5.83. The molecule has 0 aliphatic rings. The number of halogens is 1. The fourth-order valence-corrected chi connectivity index (χ4v) is 1.97. The molecule has 98 valence electrons. The normalized spacial score (nSPS) is 11.3. The number of hydrogen-bond acceptors (Lipinski definition) is 4. The van der Waals surface area contributed by atoms with Crippen LogP contribution in [0.25, 0.3) is 0 Å². The first-order chi connectivity index (χ1) is 8.36. The van der Waals surface area contributed by atoms with Gasteiger partial charge in [-0.25, -0.2) is 12.8 Å². The molecule has 0 aliphatic heterocycles. The number of ether oxygens (including phenoxy) is 1. The Bertz CT molecular complexity index is 561. The van der Waals surface area contributed by atoms with E-state index < -0.39 is 20.9 Å². The second-order valence-corrected chi connectivity index (χ2v) is 6.69. The lowest BCUT2D eigenvalue weighted by Crippen LogP contribution is -2.22. The third kappa shape index (κ3) is 3.70. The first-order valence-electron chi connectivity index (χ1n) is 5.41. The Hall–Kier alpha value is -1.61. The first-order valence-corrected chi connectivity index (χ1v) is 7.12. The SMILES string of the molecule is CC(C)S(=O)(=O)CCOc1ccc(C#N)c(F)c1. The Labute approximate surface area is 106 Å². The predicted octanol–water partition coefficient (Wildman–Crippen LogP) is 1.90.